The first-order valence-corrected chi connectivity index (χ1v) is 11.6. The summed E-state index contributed by atoms with van der Waals surface area (Å²) in [6.07, 6.45) is 1.04. The number of hydrogen-bond acceptors (Lipinski definition) is 6. The molecule has 9 heteroatoms. The van der Waals surface area contributed by atoms with E-state index in [0.717, 1.165) is 27.4 Å². The van der Waals surface area contributed by atoms with Gasteiger partial charge in [0.1, 0.15) is 29.9 Å². The van der Waals surface area contributed by atoms with Gasteiger partial charge in [0, 0.05) is 6.07 Å². The van der Waals surface area contributed by atoms with Gasteiger partial charge in [-0.3, -0.25) is 9.10 Å². The van der Waals surface area contributed by atoms with Crippen molar-refractivity contribution in [3.05, 3.63) is 47.5 Å². The van der Waals surface area contributed by atoms with Crippen molar-refractivity contribution in [2.45, 2.75) is 26.8 Å². The lowest BCUT2D eigenvalue weighted by Gasteiger charge is -2.29. The number of sulfonamides is 1. The lowest BCUT2D eigenvalue weighted by atomic mass is 10.1. The topological polar surface area (TPSA) is 94.2 Å². The molecule has 0 aliphatic rings. The third-order valence-electron chi connectivity index (χ3n) is 4.71. The summed E-state index contributed by atoms with van der Waals surface area (Å²) in [6.45, 7) is 5.91. The number of methoxy groups -OCH3 is 2. The molecule has 0 fully saturated rings. The van der Waals surface area contributed by atoms with E-state index < -0.39 is 22.0 Å². The molecule has 8 nitrogen and oxygen atoms in total. The van der Waals surface area contributed by atoms with Crippen molar-refractivity contribution in [1.82, 2.24) is 5.32 Å². The molecule has 0 aromatic heterocycles. The monoisotopic (exact) mass is 450 g/mol. The third-order valence-corrected chi connectivity index (χ3v) is 5.94. The van der Waals surface area contributed by atoms with Crippen molar-refractivity contribution < 1.29 is 27.4 Å². The molecule has 0 saturated heterocycles. The standard InChI is InChI=1S/C22H30N2O6S/c1-15-7-8-16(2)21(13-15)30-12-11-23-22(25)17(3)24(31(6,26)27)19-14-18(28-4)9-10-20(19)29-5/h7-10,13-14,17H,11-12H2,1-6H3,(H,23,25)/t17-/m0/s1. The van der Waals surface area contributed by atoms with Gasteiger partial charge in [-0.2, -0.15) is 0 Å². The van der Waals surface area contributed by atoms with Crippen molar-refractivity contribution in [1.29, 1.82) is 0 Å². The van der Waals surface area contributed by atoms with Gasteiger partial charge in [0.15, 0.2) is 0 Å². The van der Waals surface area contributed by atoms with E-state index in [1.54, 1.807) is 12.1 Å². The van der Waals surface area contributed by atoms with Gasteiger partial charge < -0.3 is 19.5 Å². The van der Waals surface area contributed by atoms with Crippen LogP contribution < -0.4 is 23.8 Å². The second-order valence-electron chi connectivity index (χ2n) is 7.18. The van der Waals surface area contributed by atoms with Gasteiger partial charge in [-0.15, -0.1) is 0 Å². The molecular weight excluding hydrogens is 420 g/mol. The molecule has 0 bridgehead atoms. The number of nitrogens with zero attached hydrogens (tertiary/aromatic N) is 1. The van der Waals surface area contributed by atoms with E-state index in [1.807, 2.05) is 32.0 Å². The molecule has 0 unspecified atom stereocenters. The number of benzene rings is 2. The molecule has 170 valence electrons. The Labute approximate surface area is 184 Å². The predicted octanol–water partition coefficient (Wildman–Crippen LogP) is 2.67. The van der Waals surface area contributed by atoms with Crippen LogP contribution in [-0.2, 0) is 14.8 Å². The minimum absolute atomic E-state index is 0.221. The zero-order valence-corrected chi connectivity index (χ0v) is 19.6. The number of amides is 1. The fraction of sp³-hybridized carbons (Fsp3) is 0.409. The van der Waals surface area contributed by atoms with Crippen LogP contribution in [0.2, 0.25) is 0 Å². The first-order valence-electron chi connectivity index (χ1n) is 9.77. The van der Waals surface area contributed by atoms with Gasteiger partial charge in [-0.05, 0) is 50.1 Å². The van der Waals surface area contributed by atoms with Gasteiger partial charge in [0.25, 0.3) is 0 Å². The van der Waals surface area contributed by atoms with Crippen molar-refractivity contribution in [2.24, 2.45) is 0 Å². The number of ether oxygens (including phenoxy) is 3. The highest BCUT2D eigenvalue weighted by molar-refractivity contribution is 7.92. The summed E-state index contributed by atoms with van der Waals surface area (Å²) < 4.78 is 42.4. The summed E-state index contributed by atoms with van der Waals surface area (Å²) >= 11 is 0. The Bertz CT molecular complexity index is 1020. The molecule has 0 aliphatic carbocycles. The Morgan fingerprint density at radius 3 is 2.39 bits per heavy atom. The summed E-state index contributed by atoms with van der Waals surface area (Å²) in [5.74, 6) is 1.05. The molecule has 2 aromatic carbocycles. The fourth-order valence-electron chi connectivity index (χ4n) is 3.10. The van der Waals surface area contributed by atoms with Crippen LogP contribution in [0.15, 0.2) is 36.4 Å². The predicted molar refractivity (Wildman–Crippen MR) is 121 cm³/mol. The number of rotatable bonds is 10. The maximum atomic E-state index is 12.7. The average molecular weight is 451 g/mol. The number of aryl methyl sites for hydroxylation is 2. The SMILES string of the molecule is COc1ccc(OC)c(N([C@@H](C)C(=O)NCCOc2cc(C)ccc2C)S(C)(=O)=O)c1. The highest BCUT2D eigenvalue weighted by Crippen LogP contribution is 2.35. The minimum Gasteiger partial charge on any atom is -0.497 e. The maximum absolute atomic E-state index is 12.7. The highest BCUT2D eigenvalue weighted by atomic mass is 32.2. The van der Waals surface area contributed by atoms with Crippen LogP contribution in [0.4, 0.5) is 5.69 Å². The Morgan fingerprint density at radius 2 is 1.77 bits per heavy atom. The van der Waals surface area contributed by atoms with Gasteiger partial charge in [0.05, 0.1) is 32.7 Å². The molecule has 2 aromatic rings. The van der Waals surface area contributed by atoms with E-state index in [4.69, 9.17) is 14.2 Å². The Kier molecular flexibility index (Phi) is 8.15. The van der Waals surface area contributed by atoms with E-state index in [9.17, 15) is 13.2 Å². The van der Waals surface area contributed by atoms with Gasteiger partial charge in [0.2, 0.25) is 15.9 Å². The lowest BCUT2D eigenvalue weighted by molar-refractivity contribution is -0.121. The third kappa shape index (κ3) is 6.27. The number of anilines is 1. The molecule has 0 saturated carbocycles. The Hall–Kier alpha value is -2.94. The van der Waals surface area contributed by atoms with Crippen molar-refractivity contribution in [2.75, 3.05) is 37.9 Å². The molecule has 31 heavy (non-hydrogen) atoms. The number of carbonyl (C=O) groups excluding carboxylic acids is 1. The van der Waals surface area contributed by atoms with Crippen LogP contribution in [-0.4, -0.2) is 54.0 Å². The van der Waals surface area contributed by atoms with E-state index in [2.05, 4.69) is 5.32 Å². The molecule has 0 spiro atoms. The van der Waals surface area contributed by atoms with Crippen LogP contribution >= 0.6 is 0 Å². The Morgan fingerprint density at radius 1 is 1.06 bits per heavy atom. The Balaban J connectivity index is 2.13. The van der Waals surface area contributed by atoms with Crippen LogP contribution in [0.25, 0.3) is 0 Å². The van der Waals surface area contributed by atoms with E-state index in [1.165, 1.54) is 27.2 Å². The molecule has 1 N–H and O–H groups in total. The summed E-state index contributed by atoms with van der Waals surface area (Å²) in [5, 5.41) is 2.73. The van der Waals surface area contributed by atoms with E-state index in [0.29, 0.717) is 11.5 Å². The van der Waals surface area contributed by atoms with Crippen molar-refractivity contribution >= 4 is 21.6 Å². The quantitative estimate of drug-likeness (QED) is 0.560. The first kappa shape index (κ1) is 24.3. The summed E-state index contributed by atoms with van der Waals surface area (Å²) in [6, 6.07) is 9.65. The molecule has 0 radical (unpaired) electrons. The van der Waals surface area contributed by atoms with Crippen LogP contribution in [0, 0.1) is 13.8 Å². The smallest absolute Gasteiger partial charge is 0.243 e. The van der Waals surface area contributed by atoms with Gasteiger partial charge >= 0.3 is 0 Å². The van der Waals surface area contributed by atoms with Crippen molar-refractivity contribution in [3.8, 4) is 17.2 Å². The number of nitrogens with one attached hydrogen (secondary N) is 1. The highest BCUT2D eigenvalue weighted by Gasteiger charge is 2.31. The molecule has 0 aliphatic heterocycles. The molecule has 2 rings (SSSR count). The van der Waals surface area contributed by atoms with E-state index in [-0.39, 0.29) is 18.8 Å². The second kappa shape index (κ2) is 10.4. The fourth-order valence-corrected chi connectivity index (χ4v) is 4.27. The summed E-state index contributed by atoms with van der Waals surface area (Å²) in [7, 11) is -0.892. The van der Waals surface area contributed by atoms with Crippen LogP contribution in [0.3, 0.4) is 0 Å². The maximum Gasteiger partial charge on any atom is 0.243 e. The molecule has 0 heterocycles. The van der Waals surface area contributed by atoms with Crippen molar-refractivity contribution in [3.63, 3.8) is 0 Å². The second-order valence-corrected chi connectivity index (χ2v) is 9.04. The normalized spacial score (nSPS) is 12.1. The van der Waals surface area contributed by atoms with E-state index >= 15 is 0 Å². The zero-order valence-electron chi connectivity index (χ0n) is 18.8. The summed E-state index contributed by atoms with van der Waals surface area (Å²) in [4.78, 5) is 12.7. The van der Waals surface area contributed by atoms with Gasteiger partial charge in [-0.25, -0.2) is 8.42 Å². The van der Waals surface area contributed by atoms with Crippen LogP contribution in [0.1, 0.15) is 18.1 Å². The molecule has 1 atom stereocenters. The largest absolute Gasteiger partial charge is 0.497 e. The number of carbonyl (C=O) groups is 1. The lowest BCUT2D eigenvalue weighted by Crippen LogP contribution is -2.48. The molecule has 1 amide bonds. The first-order chi connectivity index (χ1) is 14.6. The number of hydrogen-bond donors (Lipinski definition) is 1. The van der Waals surface area contributed by atoms with Crippen LogP contribution in [0.5, 0.6) is 17.2 Å². The average Bonchev–Trinajstić information content (AvgIpc) is 2.72. The van der Waals surface area contributed by atoms with Gasteiger partial charge in [-0.1, -0.05) is 12.1 Å². The molecular formula is C22H30N2O6S. The minimum atomic E-state index is -3.80. The zero-order chi connectivity index (χ0) is 23.2. The summed E-state index contributed by atoms with van der Waals surface area (Å²) in [5.41, 5.74) is 2.30.